The van der Waals surface area contributed by atoms with Crippen LogP contribution < -0.4 is 10.5 Å². The fraction of sp³-hybridized carbons (Fsp3) is 0.235. The van der Waals surface area contributed by atoms with Crippen LogP contribution in [0.3, 0.4) is 0 Å². The Labute approximate surface area is 124 Å². The zero-order valence-electron chi connectivity index (χ0n) is 12.3. The van der Waals surface area contributed by atoms with E-state index in [1.807, 2.05) is 43.3 Å². The second-order valence-electron chi connectivity index (χ2n) is 4.63. The van der Waals surface area contributed by atoms with Crippen molar-refractivity contribution in [1.29, 1.82) is 0 Å². The van der Waals surface area contributed by atoms with E-state index in [9.17, 15) is 4.79 Å². The predicted octanol–water partition coefficient (Wildman–Crippen LogP) is 3.33. The SMILES string of the molecule is CCOC(=O)c1ccc(COc2ccccc2)c(C)c1N. The van der Waals surface area contributed by atoms with Crippen LogP contribution in [0.15, 0.2) is 42.5 Å². The van der Waals surface area contributed by atoms with E-state index < -0.39 is 5.97 Å². The monoisotopic (exact) mass is 285 g/mol. The first-order chi connectivity index (χ1) is 10.1. The largest absolute Gasteiger partial charge is 0.489 e. The summed E-state index contributed by atoms with van der Waals surface area (Å²) in [6.45, 7) is 4.38. The number of nitrogens with two attached hydrogens (primary N) is 1. The molecule has 4 heteroatoms. The molecule has 0 fully saturated rings. The van der Waals surface area contributed by atoms with E-state index in [1.165, 1.54) is 0 Å². The van der Waals surface area contributed by atoms with Crippen LogP contribution in [0.4, 0.5) is 5.69 Å². The number of anilines is 1. The summed E-state index contributed by atoms with van der Waals surface area (Å²) in [6.07, 6.45) is 0. The lowest BCUT2D eigenvalue weighted by molar-refractivity contribution is 0.0527. The number of rotatable bonds is 5. The summed E-state index contributed by atoms with van der Waals surface area (Å²) in [5.41, 5.74) is 8.67. The molecule has 110 valence electrons. The summed E-state index contributed by atoms with van der Waals surface area (Å²) in [5.74, 6) is 0.401. The number of hydrogen-bond acceptors (Lipinski definition) is 4. The molecule has 0 bridgehead atoms. The summed E-state index contributed by atoms with van der Waals surface area (Å²) in [4.78, 5) is 11.8. The molecule has 2 aromatic carbocycles. The number of benzene rings is 2. The molecule has 2 rings (SSSR count). The molecule has 0 heterocycles. The summed E-state index contributed by atoms with van der Waals surface area (Å²) in [6, 6.07) is 13.1. The van der Waals surface area contributed by atoms with Gasteiger partial charge in [0.05, 0.1) is 12.2 Å². The van der Waals surface area contributed by atoms with E-state index >= 15 is 0 Å². The van der Waals surface area contributed by atoms with Crippen LogP contribution in [-0.2, 0) is 11.3 Å². The van der Waals surface area contributed by atoms with Crippen molar-refractivity contribution in [3.05, 3.63) is 59.2 Å². The van der Waals surface area contributed by atoms with Gasteiger partial charge in [-0.15, -0.1) is 0 Å². The van der Waals surface area contributed by atoms with Crippen molar-refractivity contribution in [2.45, 2.75) is 20.5 Å². The van der Waals surface area contributed by atoms with Crippen molar-refractivity contribution >= 4 is 11.7 Å². The number of hydrogen-bond donors (Lipinski definition) is 1. The predicted molar refractivity (Wildman–Crippen MR) is 82.3 cm³/mol. The van der Waals surface area contributed by atoms with E-state index in [0.29, 0.717) is 24.5 Å². The van der Waals surface area contributed by atoms with Gasteiger partial charge in [-0.25, -0.2) is 4.79 Å². The molecule has 0 aromatic heterocycles. The zero-order valence-corrected chi connectivity index (χ0v) is 12.3. The van der Waals surface area contributed by atoms with Gasteiger partial charge in [0.25, 0.3) is 0 Å². The Morgan fingerprint density at radius 2 is 1.86 bits per heavy atom. The highest BCUT2D eigenvalue weighted by atomic mass is 16.5. The van der Waals surface area contributed by atoms with Crippen LogP contribution in [-0.4, -0.2) is 12.6 Å². The van der Waals surface area contributed by atoms with Gasteiger partial charge in [0.1, 0.15) is 12.4 Å². The number of ether oxygens (including phenoxy) is 2. The van der Waals surface area contributed by atoms with Gasteiger partial charge in [-0.3, -0.25) is 0 Å². The Bertz CT molecular complexity index is 623. The molecule has 0 saturated carbocycles. The number of para-hydroxylation sites is 1. The maximum atomic E-state index is 11.8. The average Bonchev–Trinajstić information content (AvgIpc) is 2.50. The molecule has 21 heavy (non-hydrogen) atoms. The van der Waals surface area contributed by atoms with E-state index in [4.69, 9.17) is 15.2 Å². The molecule has 4 nitrogen and oxygen atoms in total. The first kappa shape index (κ1) is 14.9. The molecular weight excluding hydrogens is 266 g/mol. The van der Waals surface area contributed by atoms with Crippen molar-refractivity contribution < 1.29 is 14.3 Å². The van der Waals surface area contributed by atoms with Gasteiger partial charge in [-0.1, -0.05) is 24.3 Å². The molecule has 0 unspecified atom stereocenters. The molecule has 2 N–H and O–H groups in total. The number of carbonyl (C=O) groups excluding carboxylic acids is 1. The normalized spacial score (nSPS) is 10.2. The fourth-order valence-corrected chi connectivity index (χ4v) is 1.99. The van der Waals surface area contributed by atoms with Crippen LogP contribution in [0, 0.1) is 6.92 Å². The van der Waals surface area contributed by atoms with E-state index in [-0.39, 0.29) is 0 Å². The van der Waals surface area contributed by atoms with Gasteiger partial charge in [-0.05, 0) is 43.2 Å². The lowest BCUT2D eigenvalue weighted by atomic mass is 10.0. The van der Waals surface area contributed by atoms with E-state index in [2.05, 4.69) is 0 Å². The second-order valence-corrected chi connectivity index (χ2v) is 4.63. The smallest absolute Gasteiger partial charge is 0.340 e. The van der Waals surface area contributed by atoms with Gasteiger partial charge in [-0.2, -0.15) is 0 Å². The Morgan fingerprint density at radius 1 is 1.14 bits per heavy atom. The lowest BCUT2D eigenvalue weighted by Crippen LogP contribution is -2.11. The first-order valence-electron chi connectivity index (χ1n) is 6.86. The molecule has 0 radical (unpaired) electrons. The van der Waals surface area contributed by atoms with Crippen molar-refractivity contribution in [3.8, 4) is 5.75 Å². The highest BCUT2D eigenvalue weighted by Crippen LogP contribution is 2.23. The van der Waals surface area contributed by atoms with Crippen molar-refractivity contribution in [2.24, 2.45) is 0 Å². The van der Waals surface area contributed by atoms with Crippen LogP contribution in [0.25, 0.3) is 0 Å². The summed E-state index contributed by atoms with van der Waals surface area (Å²) in [5, 5.41) is 0. The topological polar surface area (TPSA) is 61.5 Å². The minimum absolute atomic E-state index is 0.330. The Morgan fingerprint density at radius 3 is 2.52 bits per heavy atom. The van der Waals surface area contributed by atoms with Crippen LogP contribution in [0.1, 0.15) is 28.4 Å². The molecule has 0 saturated heterocycles. The fourth-order valence-electron chi connectivity index (χ4n) is 1.99. The maximum Gasteiger partial charge on any atom is 0.340 e. The second kappa shape index (κ2) is 6.79. The number of nitrogen functional groups attached to an aromatic ring is 1. The first-order valence-corrected chi connectivity index (χ1v) is 6.86. The van der Waals surface area contributed by atoms with E-state index in [0.717, 1.165) is 16.9 Å². The van der Waals surface area contributed by atoms with Crippen molar-refractivity contribution in [2.75, 3.05) is 12.3 Å². The van der Waals surface area contributed by atoms with Crippen LogP contribution >= 0.6 is 0 Å². The highest BCUT2D eigenvalue weighted by molar-refractivity contribution is 5.96. The Kier molecular flexibility index (Phi) is 4.82. The molecular formula is C17H19NO3. The summed E-state index contributed by atoms with van der Waals surface area (Å²) < 4.78 is 10.7. The van der Waals surface area contributed by atoms with Crippen LogP contribution in [0.2, 0.25) is 0 Å². The molecule has 0 aliphatic heterocycles. The molecule has 2 aromatic rings. The zero-order chi connectivity index (χ0) is 15.2. The highest BCUT2D eigenvalue weighted by Gasteiger charge is 2.14. The number of carbonyl (C=O) groups is 1. The van der Waals surface area contributed by atoms with Gasteiger partial charge in [0.15, 0.2) is 0 Å². The maximum absolute atomic E-state index is 11.8. The molecule has 0 spiro atoms. The minimum Gasteiger partial charge on any atom is -0.489 e. The third kappa shape index (κ3) is 3.54. The van der Waals surface area contributed by atoms with Gasteiger partial charge >= 0.3 is 5.97 Å². The average molecular weight is 285 g/mol. The minimum atomic E-state index is -0.395. The molecule has 0 atom stereocenters. The lowest BCUT2D eigenvalue weighted by Gasteiger charge is -2.13. The van der Waals surface area contributed by atoms with Crippen molar-refractivity contribution in [3.63, 3.8) is 0 Å². The summed E-state index contributed by atoms with van der Waals surface area (Å²) >= 11 is 0. The quantitative estimate of drug-likeness (QED) is 0.676. The third-order valence-electron chi connectivity index (χ3n) is 3.26. The molecule has 0 aliphatic carbocycles. The van der Waals surface area contributed by atoms with Crippen LogP contribution in [0.5, 0.6) is 5.75 Å². The standard InChI is InChI=1S/C17H19NO3/c1-3-20-17(19)15-10-9-13(12(2)16(15)18)11-21-14-7-5-4-6-8-14/h4-10H,3,11,18H2,1-2H3. The van der Waals surface area contributed by atoms with E-state index in [1.54, 1.807) is 13.0 Å². The Balaban J connectivity index is 2.15. The van der Waals surface area contributed by atoms with Gasteiger partial charge in [0.2, 0.25) is 0 Å². The molecule has 0 amide bonds. The summed E-state index contributed by atoms with van der Waals surface area (Å²) in [7, 11) is 0. The molecule has 0 aliphatic rings. The number of esters is 1. The van der Waals surface area contributed by atoms with Crippen molar-refractivity contribution in [1.82, 2.24) is 0 Å². The van der Waals surface area contributed by atoms with Gasteiger partial charge in [0, 0.05) is 5.69 Å². The Hall–Kier alpha value is -2.49. The van der Waals surface area contributed by atoms with Gasteiger partial charge < -0.3 is 15.2 Å². The third-order valence-corrected chi connectivity index (χ3v) is 3.26.